The van der Waals surface area contributed by atoms with Gasteiger partial charge in [0, 0.05) is 11.1 Å². The van der Waals surface area contributed by atoms with Crippen molar-refractivity contribution < 1.29 is 14.7 Å². The molecule has 32 heavy (non-hydrogen) atoms. The number of carbonyl (C=O) groups is 2. The van der Waals surface area contributed by atoms with Gasteiger partial charge in [-0.05, 0) is 74.1 Å². The maximum absolute atomic E-state index is 13.6. The van der Waals surface area contributed by atoms with Crippen molar-refractivity contribution in [3.63, 3.8) is 0 Å². The smallest absolute Gasteiger partial charge is 0.264 e. The summed E-state index contributed by atoms with van der Waals surface area (Å²) in [5, 5.41) is 11.7. The molecule has 1 heterocycles. The van der Waals surface area contributed by atoms with Crippen LogP contribution in [0.1, 0.15) is 55.7 Å². The van der Waals surface area contributed by atoms with E-state index in [4.69, 9.17) is 0 Å². The van der Waals surface area contributed by atoms with Gasteiger partial charge in [0.2, 0.25) is 0 Å². The summed E-state index contributed by atoms with van der Waals surface area (Å²) in [5.74, 6) is -0.662. The molecular formula is C28H29NO3. The van der Waals surface area contributed by atoms with Crippen LogP contribution in [0.3, 0.4) is 0 Å². The van der Waals surface area contributed by atoms with Crippen molar-refractivity contribution in [2.24, 2.45) is 0 Å². The van der Waals surface area contributed by atoms with Gasteiger partial charge in [0.25, 0.3) is 5.91 Å². The summed E-state index contributed by atoms with van der Waals surface area (Å²) in [6.45, 7) is 10.2. The molecular weight excluding hydrogens is 398 g/mol. The number of ketones is 1. The summed E-state index contributed by atoms with van der Waals surface area (Å²) >= 11 is 0. The normalized spacial score (nSPS) is 17.6. The Labute approximate surface area is 189 Å². The van der Waals surface area contributed by atoms with Crippen molar-refractivity contribution in [3.8, 4) is 0 Å². The Morgan fingerprint density at radius 3 is 2.12 bits per heavy atom. The van der Waals surface area contributed by atoms with Crippen molar-refractivity contribution in [1.29, 1.82) is 0 Å². The number of carbonyl (C=O) groups excluding carboxylic acids is 2. The van der Waals surface area contributed by atoms with E-state index in [1.807, 2.05) is 71.0 Å². The zero-order valence-electron chi connectivity index (χ0n) is 19.3. The van der Waals surface area contributed by atoms with Crippen molar-refractivity contribution in [2.75, 3.05) is 4.90 Å². The van der Waals surface area contributed by atoms with Crippen LogP contribution < -0.4 is 4.90 Å². The molecule has 4 heteroatoms. The highest BCUT2D eigenvalue weighted by atomic mass is 16.3. The van der Waals surface area contributed by atoms with Crippen LogP contribution in [0.5, 0.6) is 0 Å². The van der Waals surface area contributed by atoms with E-state index in [9.17, 15) is 14.7 Å². The third-order valence-electron chi connectivity index (χ3n) is 6.89. The van der Waals surface area contributed by atoms with Gasteiger partial charge in [0.15, 0.2) is 11.4 Å². The number of fused-ring (bicyclic) bond motifs is 1. The number of aliphatic hydroxyl groups is 1. The first-order valence-corrected chi connectivity index (χ1v) is 10.9. The maximum atomic E-state index is 13.6. The van der Waals surface area contributed by atoms with Gasteiger partial charge in [-0.2, -0.15) is 0 Å². The molecule has 0 aliphatic carbocycles. The van der Waals surface area contributed by atoms with E-state index in [0.717, 1.165) is 33.4 Å². The number of hydrogen-bond donors (Lipinski definition) is 1. The summed E-state index contributed by atoms with van der Waals surface area (Å²) in [4.78, 5) is 28.7. The molecule has 0 saturated heterocycles. The van der Waals surface area contributed by atoms with Crippen LogP contribution in [0, 0.1) is 34.6 Å². The fraction of sp³-hybridized carbons (Fsp3) is 0.286. The molecule has 0 bridgehead atoms. The molecule has 1 N–H and O–H groups in total. The first-order chi connectivity index (χ1) is 15.1. The first kappa shape index (κ1) is 22.0. The predicted octanol–water partition coefficient (Wildman–Crippen LogP) is 5.24. The van der Waals surface area contributed by atoms with E-state index < -0.39 is 11.5 Å². The van der Waals surface area contributed by atoms with Crippen molar-refractivity contribution in [2.45, 2.75) is 53.2 Å². The highest BCUT2D eigenvalue weighted by molar-refractivity contribution is 6.11. The van der Waals surface area contributed by atoms with Gasteiger partial charge >= 0.3 is 0 Å². The molecule has 1 aliphatic rings. The molecule has 1 amide bonds. The minimum Gasteiger partial charge on any atom is -0.375 e. The van der Waals surface area contributed by atoms with Gasteiger partial charge < -0.3 is 10.0 Å². The topological polar surface area (TPSA) is 57.6 Å². The van der Waals surface area contributed by atoms with Gasteiger partial charge in [0.1, 0.15) is 0 Å². The molecule has 1 unspecified atom stereocenters. The summed E-state index contributed by atoms with van der Waals surface area (Å²) in [6, 6.07) is 17.2. The highest BCUT2D eigenvalue weighted by Gasteiger charge is 2.51. The van der Waals surface area contributed by atoms with E-state index in [1.54, 1.807) is 17.0 Å². The second-order valence-electron chi connectivity index (χ2n) is 8.93. The number of hydrogen-bond acceptors (Lipinski definition) is 3. The number of amides is 1. The number of aryl methyl sites for hydroxylation is 3. The molecule has 0 saturated carbocycles. The number of benzene rings is 3. The van der Waals surface area contributed by atoms with Gasteiger partial charge in [-0.25, -0.2) is 0 Å². The Balaban J connectivity index is 1.74. The number of para-hydroxylation sites is 1. The van der Waals surface area contributed by atoms with Crippen LogP contribution in [0.15, 0.2) is 54.6 Å². The van der Waals surface area contributed by atoms with E-state index in [2.05, 4.69) is 6.07 Å². The average Bonchev–Trinajstić information content (AvgIpc) is 2.96. The Bertz CT molecular complexity index is 1220. The van der Waals surface area contributed by atoms with Crippen LogP contribution >= 0.6 is 0 Å². The molecule has 0 spiro atoms. The second kappa shape index (κ2) is 8.03. The zero-order chi connectivity index (χ0) is 23.2. The van der Waals surface area contributed by atoms with Gasteiger partial charge in [0.05, 0.1) is 18.7 Å². The molecule has 0 fully saturated rings. The van der Waals surface area contributed by atoms with Gasteiger partial charge in [-0.3, -0.25) is 9.59 Å². The highest BCUT2D eigenvalue weighted by Crippen LogP contribution is 2.44. The summed E-state index contributed by atoms with van der Waals surface area (Å²) < 4.78 is 0. The minimum absolute atomic E-state index is 0.213. The number of rotatable bonds is 5. The van der Waals surface area contributed by atoms with E-state index in [0.29, 0.717) is 23.4 Å². The summed E-state index contributed by atoms with van der Waals surface area (Å²) in [5.41, 5.74) is 5.82. The summed E-state index contributed by atoms with van der Waals surface area (Å²) in [6.07, 6.45) is -0.280. The standard InChI is InChI=1S/C28H29NO3/c1-17-10-6-7-11-22(17)16-29-24-13-9-8-12-23(24)28(32,27(29)31)15-25(30)26-20(4)18(2)14-19(3)21(26)5/h6-14,32H,15-16H2,1-5H3. The predicted molar refractivity (Wildman–Crippen MR) is 127 cm³/mol. The Kier molecular flexibility index (Phi) is 5.51. The Morgan fingerprint density at radius 1 is 0.875 bits per heavy atom. The van der Waals surface area contributed by atoms with E-state index >= 15 is 0 Å². The molecule has 3 aromatic carbocycles. The largest absolute Gasteiger partial charge is 0.375 e. The van der Waals surface area contributed by atoms with Crippen molar-refractivity contribution in [1.82, 2.24) is 0 Å². The molecule has 4 rings (SSSR count). The lowest BCUT2D eigenvalue weighted by atomic mass is 9.84. The summed E-state index contributed by atoms with van der Waals surface area (Å²) in [7, 11) is 0. The van der Waals surface area contributed by atoms with Crippen LogP contribution in [-0.4, -0.2) is 16.8 Å². The molecule has 1 atom stereocenters. The van der Waals surface area contributed by atoms with E-state index in [-0.39, 0.29) is 12.2 Å². The fourth-order valence-electron chi connectivity index (χ4n) is 4.75. The van der Waals surface area contributed by atoms with Gasteiger partial charge in [-0.1, -0.05) is 48.5 Å². The fourth-order valence-corrected chi connectivity index (χ4v) is 4.75. The average molecular weight is 428 g/mol. The molecule has 1 aliphatic heterocycles. The quantitative estimate of drug-likeness (QED) is 0.567. The third kappa shape index (κ3) is 3.45. The van der Waals surface area contributed by atoms with Crippen molar-refractivity contribution >= 4 is 17.4 Å². The molecule has 4 nitrogen and oxygen atoms in total. The van der Waals surface area contributed by atoms with Crippen LogP contribution in [0.2, 0.25) is 0 Å². The number of nitrogens with zero attached hydrogens (tertiary/aromatic N) is 1. The van der Waals surface area contributed by atoms with Crippen LogP contribution in [-0.2, 0) is 16.9 Å². The zero-order valence-corrected chi connectivity index (χ0v) is 19.3. The third-order valence-corrected chi connectivity index (χ3v) is 6.89. The lowest BCUT2D eigenvalue weighted by Crippen LogP contribution is -2.41. The monoisotopic (exact) mass is 427 g/mol. The molecule has 0 radical (unpaired) electrons. The van der Waals surface area contributed by atoms with Crippen LogP contribution in [0.4, 0.5) is 5.69 Å². The van der Waals surface area contributed by atoms with Crippen LogP contribution in [0.25, 0.3) is 0 Å². The number of anilines is 1. The molecule has 0 aromatic heterocycles. The second-order valence-corrected chi connectivity index (χ2v) is 8.93. The van der Waals surface area contributed by atoms with Crippen molar-refractivity contribution in [3.05, 3.63) is 99.1 Å². The van der Waals surface area contributed by atoms with E-state index in [1.165, 1.54) is 0 Å². The number of Topliss-reactive ketones (excluding diaryl/α,β-unsaturated/α-hetero) is 1. The lowest BCUT2D eigenvalue weighted by molar-refractivity contribution is -0.136. The SMILES string of the molecule is Cc1ccccc1CN1C(=O)C(O)(CC(=O)c2c(C)c(C)cc(C)c2C)c2ccccc21. The molecule has 3 aromatic rings. The Hall–Kier alpha value is -3.24. The molecule has 164 valence electrons. The first-order valence-electron chi connectivity index (χ1n) is 10.9. The minimum atomic E-state index is -1.88. The Morgan fingerprint density at radius 2 is 1.47 bits per heavy atom. The lowest BCUT2D eigenvalue weighted by Gasteiger charge is -2.24. The van der Waals surface area contributed by atoms with Gasteiger partial charge in [-0.15, -0.1) is 0 Å². The maximum Gasteiger partial charge on any atom is 0.264 e.